The molecule has 0 spiro atoms. The summed E-state index contributed by atoms with van der Waals surface area (Å²) in [5.41, 5.74) is 3.44. The van der Waals surface area contributed by atoms with Gasteiger partial charge in [-0.25, -0.2) is 4.98 Å². The number of imidazole rings is 1. The van der Waals surface area contributed by atoms with Gasteiger partial charge in [-0.05, 0) is 44.0 Å². The van der Waals surface area contributed by atoms with Gasteiger partial charge in [0.2, 0.25) is 5.91 Å². The Hall–Kier alpha value is -3.19. The van der Waals surface area contributed by atoms with Gasteiger partial charge in [0.15, 0.2) is 0 Å². The van der Waals surface area contributed by atoms with Gasteiger partial charge in [-0.1, -0.05) is 29.8 Å². The highest BCUT2D eigenvalue weighted by Crippen LogP contribution is 2.17. The van der Waals surface area contributed by atoms with Gasteiger partial charge < -0.3 is 19.9 Å². The number of amides is 2. The van der Waals surface area contributed by atoms with E-state index in [2.05, 4.69) is 10.6 Å². The number of aromatic nitrogens is 2. The number of aryl methyl sites for hydroxylation is 1. The van der Waals surface area contributed by atoms with Gasteiger partial charge in [-0.2, -0.15) is 0 Å². The van der Waals surface area contributed by atoms with Crippen LogP contribution in [0.3, 0.4) is 0 Å². The average molecular weight is 421 g/mol. The summed E-state index contributed by atoms with van der Waals surface area (Å²) in [5, 5.41) is 5.93. The molecule has 0 aliphatic carbocycles. The Kier molecular flexibility index (Phi) is 6.62. The summed E-state index contributed by atoms with van der Waals surface area (Å²) in [7, 11) is 0. The van der Waals surface area contributed by atoms with Crippen molar-refractivity contribution < 1.29 is 14.3 Å². The van der Waals surface area contributed by atoms with E-state index in [4.69, 9.17) is 9.72 Å². The third kappa shape index (κ3) is 5.30. The molecular formula is C24H28N4O3. The lowest BCUT2D eigenvalue weighted by molar-refractivity contribution is -0.122. The number of fused-ring (bicyclic) bond motifs is 1. The SMILES string of the molecule is Cc1cccc(C(=O)NCCc2nc3ccccc3n2CC(=O)NCC2CCCO2)c1. The van der Waals surface area contributed by atoms with Gasteiger partial charge in [-0.3, -0.25) is 9.59 Å². The average Bonchev–Trinajstić information content (AvgIpc) is 3.41. The normalized spacial score (nSPS) is 15.8. The van der Waals surface area contributed by atoms with Crippen molar-refractivity contribution in [3.63, 3.8) is 0 Å². The fourth-order valence-electron chi connectivity index (χ4n) is 3.90. The minimum atomic E-state index is -0.110. The second kappa shape index (κ2) is 9.75. The van der Waals surface area contributed by atoms with Crippen molar-refractivity contribution >= 4 is 22.8 Å². The summed E-state index contributed by atoms with van der Waals surface area (Å²) in [6.45, 7) is 3.89. The molecule has 162 valence electrons. The second-order valence-electron chi connectivity index (χ2n) is 7.92. The second-order valence-corrected chi connectivity index (χ2v) is 7.92. The molecule has 2 N–H and O–H groups in total. The molecule has 4 rings (SSSR count). The molecule has 2 amide bonds. The molecule has 1 saturated heterocycles. The fraction of sp³-hybridized carbons (Fsp3) is 0.375. The number of rotatable bonds is 8. The van der Waals surface area contributed by atoms with Crippen LogP contribution in [0.15, 0.2) is 48.5 Å². The zero-order valence-corrected chi connectivity index (χ0v) is 17.8. The number of hydrogen-bond acceptors (Lipinski definition) is 4. The first kappa shape index (κ1) is 21.1. The molecular weight excluding hydrogens is 392 g/mol. The monoisotopic (exact) mass is 420 g/mol. The Morgan fingerprint density at radius 3 is 2.84 bits per heavy atom. The Bertz CT molecular complexity index is 1070. The maximum atomic E-state index is 12.6. The summed E-state index contributed by atoms with van der Waals surface area (Å²) >= 11 is 0. The number of ether oxygens (including phenoxy) is 1. The van der Waals surface area contributed by atoms with Crippen molar-refractivity contribution in [2.24, 2.45) is 0 Å². The molecule has 2 aromatic carbocycles. The molecule has 1 unspecified atom stereocenters. The molecule has 7 heteroatoms. The van der Waals surface area contributed by atoms with Gasteiger partial charge >= 0.3 is 0 Å². The van der Waals surface area contributed by atoms with Crippen molar-refractivity contribution in [3.8, 4) is 0 Å². The summed E-state index contributed by atoms with van der Waals surface area (Å²) in [6.07, 6.45) is 2.68. The van der Waals surface area contributed by atoms with Gasteiger partial charge in [0, 0.05) is 31.7 Å². The highest BCUT2D eigenvalue weighted by Gasteiger charge is 2.18. The molecule has 2 heterocycles. The predicted molar refractivity (Wildman–Crippen MR) is 119 cm³/mol. The number of para-hydroxylation sites is 2. The molecule has 1 atom stereocenters. The van der Waals surface area contributed by atoms with Crippen LogP contribution in [0.1, 0.15) is 34.6 Å². The minimum absolute atomic E-state index is 0.0660. The van der Waals surface area contributed by atoms with Crippen molar-refractivity contribution in [1.82, 2.24) is 20.2 Å². The van der Waals surface area contributed by atoms with Crippen LogP contribution < -0.4 is 10.6 Å². The van der Waals surface area contributed by atoms with E-state index in [9.17, 15) is 9.59 Å². The van der Waals surface area contributed by atoms with Crippen molar-refractivity contribution in [1.29, 1.82) is 0 Å². The van der Waals surface area contributed by atoms with Crippen LogP contribution >= 0.6 is 0 Å². The van der Waals surface area contributed by atoms with Crippen LogP contribution in [0.5, 0.6) is 0 Å². The van der Waals surface area contributed by atoms with Crippen molar-refractivity contribution in [3.05, 3.63) is 65.5 Å². The van der Waals surface area contributed by atoms with Crippen LogP contribution in [0.25, 0.3) is 11.0 Å². The van der Waals surface area contributed by atoms with Crippen LogP contribution in [0, 0.1) is 6.92 Å². The number of benzene rings is 2. The number of carbonyl (C=O) groups is 2. The molecule has 0 radical (unpaired) electrons. The van der Waals surface area contributed by atoms with E-state index in [0.717, 1.165) is 41.9 Å². The number of hydrogen-bond donors (Lipinski definition) is 2. The zero-order valence-electron chi connectivity index (χ0n) is 17.8. The topological polar surface area (TPSA) is 85.2 Å². The minimum Gasteiger partial charge on any atom is -0.376 e. The fourth-order valence-corrected chi connectivity index (χ4v) is 3.90. The maximum absolute atomic E-state index is 12.6. The quantitative estimate of drug-likeness (QED) is 0.587. The van der Waals surface area contributed by atoms with Gasteiger partial charge in [-0.15, -0.1) is 0 Å². The van der Waals surface area contributed by atoms with Crippen LogP contribution in [0.2, 0.25) is 0 Å². The molecule has 3 aromatic rings. The smallest absolute Gasteiger partial charge is 0.251 e. The summed E-state index contributed by atoms with van der Waals surface area (Å²) < 4.78 is 7.51. The lowest BCUT2D eigenvalue weighted by Gasteiger charge is -2.13. The molecule has 1 aromatic heterocycles. The van der Waals surface area contributed by atoms with E-state index < -0.39 is 0 Å². The largest absolute Gasteiger partial charge is 0.376 e. The van der Waals surface area contributed by atoms with Crippen molar-refractivity contribution in [2.45, 2.75) is 38.8 Å². The Morgan fingerprint density at radius 2 is 2.03 bits per heavy atom. The molecule has 31 heavy (non-hydrogen) atoms. The molecule has 1 aliphatic heterocycles. The van der Waals surface area contributed by atoms with E-state index in [1.165, 1.54) is 0 Å². The predicted octanol–water partition coefficient (Wildman–Crippen LogP) is 2.61. The Labute approximate surface area is 181 Å². The highest BCUT2D eigenvalue weighted by atomic mass is 16.5. The van der Waals surface area contributed by atoms with Crippen LogP contribution in [0.4, 0.5) is 0 Å². The Balaban J connectivity index is 1.40. The number of nitrogens with one attached hydrogen (secondary N) is 2. The summed E-state index contributed by atoms with van der Waals surface area (Å²) in [4.78, 5) is 29.7. The van der Waals surface area contributed by atoms with Crippen molar-refractivity contribution in [2.75, 3.05) is 19.7 Å². The summed E-state index contributed by atoms with van der Waals surface area (Å²) in [5.74, 6) is 0.599. The number of nitrogens with zero attached hydrogens (tertiary/aromatic N) is 2. The third-order valence-electron chi connectivity index (χ3n) is 5.50. The lowest BCUT2D eigenvalue weighted by Crippen LogP contribution is -2.34. The standard InChI is InChI=1S/C24H28N4O3/c1-17-6-4-7-18(14-17)24(30)25-12-11-22-27-20-9-2-3-10-21(20)28(22)16-23(29)26-15-19-8-5-13-31-19/h2-4,6-7,9-10,14,19H,5,8,11-13,15-16H2,1H3,(H,25,30)(H,26,29). The van der Waals surface area contributed by atoms with E-state index in [1.807, 2.05) is 54.0 Å². The first-order valence-corrected chi connectivity index (χ1v) is 10.8. The lowest BCUT2D eigenvalue weighted by atomic mass is 10.1. The maximum Gasteiger partial charge on any atom is 0.251 e. The van der Waals surface area contributed by atoms with Gasteiger partial charge in [0.25, 0.3) is 5.91 Å². The first-order valence-electron chi connectivity index (χ1n) is 10.8. The van der Waals surface area contributed by atoms with Gasteiger partial charge in [0.1, 0.15) is 12.4 Å². The zero-order chi connectivity index (χ0) is 21.6. The summed E-state index contributed by atoms with van der Waals surface area (Å²) in [6, 6.07) is 15.3. The highest BCUT2D eigenvalue weighted by molar-refractivity contribution is 5.94. The Morgan fingerprint density at radius 1 is 1.16 bits per heavy atom. The molecule has 0 bridgehead atoms. The molecule has 7 nitrogen and oxygen atoms in total. The van der Waals surface area contributed by atoms with Crippen LogP contribution in [-0.4, -0.2) is 47.2 Å². The third-order valence-corrected chi connectivity index (χ3v) is 5.50. The molecule has 0 saturated carbocycles. The van der Waals surface area contributed by atoms with Crippen LogP contribution in [-0.2, 0) is 22.5 Å². The number of carbonyl (C=O) groups excluding carboxylic acids is 2. The first-order chi connectivity index (χ1) is 15.1. The van der Waals surface area contributed by atoms with E-state index >= 15 is 0 Å². The van der Waals surface area contributed by atoms with Gasteiger partial charge in [0.05, 0.1) is 17.1 Å². The van der Waals surface area contributed by atoms with E-state index in [1.54, 1.807) is 6.07 Å². The molecule has 1 aliphatic rings. The molecule has 1 fully saturated rings. The van der Waals surface area contributed by atoms with E-state index in [-0.39, 0.29) is 24.5 Å². The van der Waals surface area contributed by atoms with E-state index in [0.29, 0.717) is 25.1 Å².